The number of halogens is 1. The van der Waals surface area contributed by atoms with Crippen LogP contribution in [-0.2, 0) is 9.05 Å². The molecular weight excluding hydrogens is 314 g/mol. The standard InChI is InChI=1S/C13H20ClN3O3S/c1-3-10-7-5-4-6-8-17(10)13(18)11-12(21(14,19)20)9(2)15-16-11/h10H,3-8H2,1-2H3,(H,15,16). The lowest BCUT2D eigenvalue weighted by Gasteiger charge is -2.28. The molecule has 1 fully saturated rings. The van der Waals surface area contributed by atoms with Gasteiger partial charge in [0.15, 0.2) is 5.69 Å². The maximum Gasteiger partial charge on any atom is 0.276 e. The Bertz CT molecular complexity index is 627. The van der Waals surface area contributed by atoms with Crippen LogP contribution < -0.4 is 0 Å². The summed E-state index contributed by atoms with van der Waals surface area (Å²) in [4.78, 5) is 14.3. The van der Waals surface area contributed by atoms with Crippen molar-refractivity contribution in [3.05, 3.63) is 11.4 Å². The van der Waals surface area contributed by atoms with Gasteiger partial charge in [-0.2, -0.15) is 5.10 Å². The summed E-state index contributed by atoms with van der Waals surface area (Å²) in [7, 11) is 1.43. The Kier molecular flexibility index (Phi) is 4.93. The van der Waals surface area contributed by atoms with E-state index in [0.717, 1.165) is 32.1 Å². The molecule has 0 aromatic carbocycles. The largest absolute Gasteiger partial charge is 0.334 e. The molecule has 2 heterocycles. The number of carbonyl (C=O) groups is 1. The number of aromatic nitrogens is 2. The van der Waals surface area contributed by atoms with Crippen LogP contribution in [-0.4, -0.2) is 42.0 Å². The van der Waals surface area contributed by atoms with E-state index < -0.39 is 9.05 Å². The summed E-state index contributed by atoms with van der Waals surface area (Å²) in [5.74, 6) is -0.354. The summed E-state index contributed by atoms with van der Waals surface area (Å²) < 4.78 is 23.4. The van der Waals surface area contributed by atoms with Gasteiger partial charge in [0.1, 0.15) is 4.90 Å². The monoisotopic (exact) mass is 333 g/mol. The number of H-pyrrole nitrogens is 1. The van der Waals surface area contributed by atoms with Crippen LogP contribution in [0.3, 0.4) is 0 Å². The molecule has 0 spiro atoms. The van der Waals surface area contributed by atoms with Gasteiger partial charge in [0.25, 0.3) is 15.0 Å². The number of aromatic amines is 1. The Morgan fingerprint density at radius 2 is 2.14 bits per heavy atom. The van der Waals surface area contributed by atoms with Crippen molar-refractivity contribution in [1.29, 1.82) is 0 Å². The van der Waals surface area contributed by atoms with Gasteiger partial charge in [-0.3, -0.25) is 9.89 Å². The van der Waals surface area contributed by atoms with Gasteiger partial charge in [-0.1, -0.05) is 19.8 Å². The summed E-state index contributed by atoms with van der Waals surface area (Å²) >= 11 is 0. The molecule has 1 N–H and O–H groups in total. The van der Waals surface area contributed by atoms with Crippen LogP contribution in [0.1, 0.15) is 55.2 Å². The number of rotatable bonds is 3. The highest BCUT2D eigenvalue weighted by Gasteiger charge is 2.32. The molecule has 0 saturated carbocycles. The zero-order chi connectivity index (χ0) is 15.6. The zero-order valence-electron chi connectivity index (χ0n) is 12.2. The van der Waals surface area contributed by atoms with Gasteiger partial charge in [0.05, 0.1) is 5.69 Å². The Morgan fingerprint density at radius 3 is 2.76 bits per heavy atom. The van der Waals surface area contributed by atoms with E-state index in [9.17, 15) is 13.2 Å². The van der Waals surface area contributed by atoms with Gasteiger partial charge in [-0.05, 0) is 26.2 Å². The topological polar surface area (TPSA) is 83.1 Å². The lowest BCUT2D eigenvalue weighted by atomic mass is 10.1. The quantitative estimate of drug-likeness (QED) is 0.861. The van der Waals surface area contributed by atoms with Crippen LogP contribution in [0, 0.1) is 6.92 Å². The number of hydrogen-bond acceptors (Lipinski definition) is 4. The van der Waals surface area contributed by atoms with Gasteiger partial charge < -0.3 is 4.90 Å². The van der Waals surface area contributed by atoms with Crippen LogP contribution in [0.2, 0.25) is 0 Å². The number of likely N-dealkylation sites (tertiary alicyclic amines) is 1. The Labute approximate surface area is 129 Å². The van der Waals surface area contributed by atoms with Crippen LogP contribution in [0.5, 0.6) is 0 Å². The van der Waals surface area contributed by atoms with Crippen LogP contribution in [0.15, 0.2) is 4.90 Å². The van der Waals surface area contributed by atoms with Crippen molar-refractivity contribution in [2.24, 2.45) is 0 Å². The predicted molar refractivity (Wildman–Crippen MR) is 79.9 cm³/mol. The highest BCUT2D eigenvalue weighted by atomic mass is 35.7. The molecule has 1 aliphatic rings. The normalized spacial score (nSPS) is 20.3. The molecule has 1 amide bonds. The molecular formula is C13H20ClN3O3S. The van der Waals surface area contributed by atoms with Crippen molar-refractivity contribution in [3.8, 4) is 0 Å². The first-order valence-electron chi connectivity index (χ1n) is 7.16. The van der Waals surface area contributed by atoms with E-state index in [1.54, 1.807) is 11.8 Å². The summed E-state index contributed by atoms with van der Waals surface area (Å²) in [6.07, 6.45) is 4.88. The molecule has 2 rings (SSSR count). The second-order valence-electron chi connectivity index (χ2n) is 5.37. The molecule has 8 heteroatoms. The molecule has 1 unspecified atom stereocenters. The van der Waals surface area contributed by atoms with Crippen molar-refractivity contribution in [2.45, 2.75) is 56.9 Å². The first kappa shape index (κ1) is 16.3. The van der Waals surface area contributed by atoms with E-state index in [-0.39, 0.29) is 28.2 Å². The maximum atomic E-state index is 12.7. The van der Waals surface area contributed by atoms with Gasteiger partial charge >= 0.3 is 0 Å². The molecule has 21 heavy (non-hydrogen) atoms. The van der Waals surface area contributed by atoms with Crippen molar-refractivity contribution in [2.75, 3.05) is 6.54 Å². The minimum Gasteiger partial charge on any atom is -0.334 e. The lowest BCUT2D eigenvalue weighted by Crippen LogP contribution is -2.40. The van der Waals surface area contributed by atoms with Crippen molar-refractivity contribution >= 4 is 25.6 Å². The first-order valence-corrected chi connectivity index (χ1v) is 9.47. The van der Waals surface area contributed by atoms with E-state index in [2.05, 4.69) is 10.2 Å². The highest BCUT2D eigenvalue weighted by Crippen LogP contribution is 2.26. The van der Waals surface area contributed by atoms with E-state index in [1.165, 1.54) is 0 Å². The molecule has 0 aliphatic carbocycles. The number of hydrogen-bond donors (Lipinski definition) is 1. The van der Waals surface area contributed by atoms with Gasteiger partial charge in [-0.15, -0.1) is 0 Å². The number of aryl methyl sites for hydroxylation is 1. The fraction of sp³-hybridized carbons (Fsp3) is 0.692. The second-order valence-corrected chi connectivity index (χ2v) is 7.88. The third-order valence-electron chi connectivity index (χ3n) is 3.95. The van der Waals surface area contributed by atoms with Gasteiger partial charge in [-0.25, -0.2) is 8.42 Å². The molecule has 1 saturated heterocycles. The number of carbonyl (C=O) groups excluding carboxylic acids is 1. The van der Waals surface area contributed by atoms with Crippen molar-refractivity contribution < 1.29 is 13.2 Å². The first-order chi connectivity index (χ1) is 9.86. The molecule has 6 nitrogen and oxygen atoms in total. The minimum atomic E-state index is -4.01. The Balaban J connectivity index is 2.39. The third-order valence-corrected chi connectivity index (χ3v) is 5.40. The van der Waals surface area contributed by atoms with E-state index >= 15 is 0 Å². The number of nitrogens with zero attached hydrogens (tertiary/aromatic N) is 2. The van der Waals surface area contributed by atoms with Crippen molar-refractivity contribution in [3.63, 3.8) is 0 Å². The van der Waals surface area contributed by atoms with Gasteiger partial charge in [0, 0.05) is 23.3 Å². The molecule has 1 aromatic rings. The van der Waals surface area contributed by atoms with Crippen LogP contribution in [0.25, 0.3) is 0 Å². The third kappa shape index (κ3) is 3.40. The summed E-state index contributed by atoms with van der Waals surface area (Å²) in [6, 6.07) is 0.128. The fourth-order valence-corrected chi connectivity index (χ4v) is 4.21. The van der Waals surface area contributed by atoms with Crippen LogP contribution >= 0.6 is 10.7 Å². The van der Waals surface area contributed by atoms with E-state index in [0.29, 0.717) is 6.54 Å². The maximum absolute atomic E-state index is 12.7. The lowest BCUT2D eigenvalue weighted by molar-refractivity contribution is 0.0668. The minimum absolute atomic E-state index is 0.0946. The summed E-state index contributed by atoms with van der Waals surface area (Å²) in [6.45, 7) is 4.20. The van der Waals surface area contributed by atoms with Crippen LogP contribution in [0.4, 0.5) is 0 Å². The molecule has 1 aliphatic heterocycles. The van der Waals surface area contributed by atoms with Crippen molar-refractivity contribution in [1.82, 2.24) is 15.1 Å². The van der Waals surface area contributed by atoms with E-state index in [4.69, 9.17) is 10.7 Å². The van der Waals surface area contributed by atoms with E-state index in [1.807, 2.05) is 6.92 Å². The number of amides is 1. The Hall–Kier alpha value is -1.08. The van der Waals surface area contributed by atoms with Gasteiger partial charge in [0.2, 0.25) is 0 Å². The average Bonchev–Trinajstić information content (AvgIpc) is 2.67. The fourth-order valence-electron chi connectivity index (χ4n) is 2.87. The highest BCUT2D eigenvalue weighted by molar-refractivity contribution is 8.13. The number of nitrogens with one attached hydrogen (secondary N) is 1. The molecule has 1 aromatic heterocycles. The summed E-state index contributed by atoms with van der Waals surface area (Å²) in [5.41, 5.74) is 0.194. The Morgan fingerprint density at radius 1 is 1.43 bits per heavy atom. The zero-order valence-corrected chi connectivity index (χ0v) is 13.8. The average molecular weight is 334 g/mol. The SMILES string of the molecule is CCC1CCCCCN1C(=O)c1n[nH]c(C)c1S(=O)(=O)Cl. The second kappa shape index (κ2) is 6.36. The summed E-state index contributed by atoms with van der Waals surface area (Å²) in [5, 5.41) is 6.43. The smallest absolute Gasteiger partial charge is 0.276 e. The molecule has 1 atom stereocenters. The molecule has 0 radical (unpaired) electrons. The molecule has 0 bridgehead atoms. The molecule has 118 valence electrons. The predicted octanol–water partition coefficient (Wildman–Crippen LogP) is 2.44.